The van der Waals surface area contributed by atoms with Gasteiger partial charge in [-0.2, -0.15) is 4.31 Å². The van der Waals surface area contributed by atoms with Crippen LogP contribution in [0.4, 0.5) is 5.13 Å². The van der Waals surface area contributed by atoms with E-state index in [9.17, 15) is 13.2 Å². The first-order chi connectivity index (χ1) is 13.8. The zero-order valence-corrected chi connectivity index (χ0v) is 18.3. The minimum atomic E-state index is -3.80. The maximum Gasteiger partial charge on any atom is 0.260 e. The zero-order valence-electron chi connectivity index (χ0n) is 15.1. The first-order valence-electron chi connectivity index (χ1n) is 8.53. The Morgan fingerprint density at radius 1 is 1.31 bits per heavy atom. The van der Waals surface area contributed by atoms with E-state index >= 15 is 0 Å². The van der Waals surface area contributed by atoms with Gasteiger partial charge in [-0.05, 0) is 30.7 Å². The number of fused-ring (bicyclic) bond motifs is 1. The third-order valence-electron chi connectivity index (χ3n) is 4.53. The smallest absolute Gasteiger partial charge is 0.260 e. The molecule has 0 saturated heterocycles. The molecule has 1 N–H and O–H groups in total. The minimum Gasteiger partial charge on any atom is -0.472 e. The molecule has 2 aromatic heterocycles. The van der Waals surface area contributed by atoms with E-state index in [0.29, 0.717) is 27.7 Å². The molecule has 11 heteroatoms. The average molecular weight is 472 g/mol. The Hall–Kier alpha value is -1.91. The van der Waals surface area contributed by atoms with Crippen LogP contribution in [0.15, 0.2) is 40.0 Å². The van der Waals surface area contributed by atoms with E-state index in [4.69, 9.17) is 27.6 Å². The van der Waals surface area contributed by atoms with Crippen LogP contribution in [0.25, 0.3) is 0 Å². The van der Waals surface area contributed by atoms with E-state index in [-0.39, 0.29) is 28.9 Å². The van der Waals surface area contributed by atoms with Crippen LogP contribution >= 0.6 is 34.5 Å². The predicted octanol–water partition coefficient (Wildman–Crippen LogP) is 4.35. The largest absolute Gasteiger partial charge is 0.472 e. The van der Waals surface area contributed by atoms with Crippen molar-refractivity contribution < 1.29 is 17.6 Å². The van der Waals surface area contributed by atoms with E-state index < -0.39 is 10.0 Å². The van der Waals surface area contributed by atoms with E-state index in [1.165, 1.54) is 40.3 Å². The lowest BCUT2D eigenvalue weighted by atomic mass is 10.2. The van der Waals surface area contributed by atoms with Gasteiger partial charge in [0.05, 0.1) is 29.1 Å². The molecular weight excluding hydrogens is 457 g/mol. The third-order valence-corrected chi connectivity index (χ3v) is 8.25. The van der Waals surface area contributed by atoms with Gasteiger partial charge in [-0.1, -0.05) is 23.2 Å². The summed E-state index contributed by atoms with van der Waals surface area (Å²) in [5, 5.41) is 3.63. The van der Waals surface area contributed by atoms with Gasteiger partial charge in [0.15, 0.2) is 5.13 Å². The molecule has 29 heavy (non-hydrogen) atoms. The molecule has 0 radical (unpaired) electrons. The second kappa shape index (κ2) is 7.73. The molecule has 4 rings (SSSR count). The van der Waals surface area contributed by atoms with Crippen molar-refractivity contribution in [2.75, 3.05) is 11.9 Å². The van der Waals surface area contributed by atoms with Gasteiger partial charge in [-0.25, -0.2) is 13.4 Å². The molecule has 0 aliphatic carbocycles. The van der Waals surface area contributed by atoms with Gasteiger partial charge in [-0.15, -0.1) is 11.3 Å². The summed E-state index contributed by atoms with van der Waals surface area (Å²) in [7, 11) is -3.80. The Labute approximate surface area is 181 Å². The Bertz CT molecular complexity index is 1190. The summed E-state index contributed by atoms with van der Waals surface area (Å²) in [4.78, 5) is 17.4. The fraction of sp³-hybridized carbons (Fsp3) is 0.222. The van der Waals surface area contributed by atoms with Crippen molar-refractivity contribution in [2.24, 2.45) is 0 Å². The molecule has 152 valence electrons. The zero-order chi connectivity index (χ0) is 20.8. The molecular formula is C18H15Cl2N3O4S2. The second-order valence-corrected chi connectivity index (χ2v) is 10.3. The highest BCUT2D eigenvalue weighted by Gasteiger charge is 2.32. The normalized spacial score (nSPS) is 14.6. The van der Waals surface area contributed by atoms with Crippen molar-refractivity contribution in [2.45, 2.75) is 24.8 Å². The van der Waals surface area contributed by atoms with Crippen molar-refractivity contribution in [1.82, 2.24) is 9.29 Å². The molecule has 1 amide bonds. The molecule has 0 saturated carbocycles. The van der Waals surface area contributed by atoms with Gasteiger partial charge in [0.2, 0.25) is 10.0 Å². The Balaban J connectivity index is 1.56. The molecule has 7 nitrogen and oxygen atoms in total. The highest BCUT2D eigenvalue weighted by atomic mass is 35.5. The Morgan fingerprint density at radius 3 is 2.83 bits per heavy atom. The van der Waals surface area contributed by atoms with Crippen molar-refractivity contribution >= 4 is 55.6 Å². The number of amides is 1. The Kier molecular flexibility index (Phi) is 5.43. The van der Waals surface area contributed by atoms with Crippen LogP contribution in [0.2, 0.25) is 10.0 Å². The van der Waals surface area contributed by atoms with Gasteiger partial charge in [-0.3, -0.25) is 10.1 Å². The molecule has 0 unspecified atom stereocenters. The van der Waals surface area contributed by atoms with Crippen molar-refractivity contribution in [3.8, 4) is 0 Å². The van der Waals surface area contributed by atoms with Gasteiger partial charge in [0, 0.05) is 22.9 Å². The number of aryl methyl sites for hydroxylation is 1. The number of rotatable bonds is 4. The van der Waals surface area contributed by atoms with E-state index in [1.807, 2.05) is 0 Å². The predicted molar refractivity (Wildman–Crippen MR) is 111 cm³/mol. The first kappa shape index (κ1) is 20.4. The Morgan fingerprint density at radius 2 is 2.10 bits per heavy atom. The summed E-state index contributed by atoms with van der Waals surface area (Å²) in [6.07, 6.45) is 3.19. The number of thiazole rings is 1. The number of aromatic nitrogens is 1. The molecule has 3 heterocycles. The maximum atomic E-state index is 13.1. The molecule has 0 fully saturated rings. The number of anilines is 1. The van der Waals surface area contributed by atoms with Crippen LogP contribution in [0.3, 0.4) is 0 Å². The average Bonchev–Trinajstić information content (AvgIpc) is 3.33. The topological polar surface area (TPSA) is 92.5 Å². The second-order valence-electron chi connectivity index (χ2n) is 6.48. The quantitative estimate of drug-likeness (QED) is 0.610. The number of benzene rings is 1. The lowest BCUT2D eigenvalue weighted by Gasteiger charge is -2.26. The third kappa shape index (κ3) is 3.93. The summed E-state index contributed by atoms with van der Waals surface area (Å²) < 4.78 is 32.5. The van der Waals surface area contributed by atoms with Gasteiger partial charge in [0.25, 0.3) is 5.91 Å². The summed E-state index contributed by atoms with van der Waals surface area (Å²) in [6.45, 7) is 2.16. The number of carbonyl (C=O) groups excluding carboxylic acids is 1. The number of sulfonamides is 1. The van der Waals surface area contributed by atoms with E-state index in [0.717, 1.165) is 10.6 Å². The molecule has 0 spiro atoms. The van der Waals surface area contributed by atoms with E-state index in [2.05, 4.69) is 10.3 Å². The lowest BCUT2D eigenvalue weighted by Crippen LogP contribution is -2.35. The van der Waals surface area contributed by atoms with Crippen LogP contribution in [-0.4, -0.2) is 30.2 Å². The highest BCUT2D eigenvalue weighted by molar-refractivity contribution is 7.89. The fourth-order valence-electron chi connectivity index (χ4n) is 2.96. The lowest BCUT2D eigenvalue weighted by molar-refractivity contribution is 0.102. The maximum absolute atomic E-state index is 13.1. The summed E-state index contributed by atoms with van der Waals surface area (Å²) in [5.41, 5.74) is 1.80. The molecule has 0 atom stereocenters. The number of carbonyl (C=O) groups is 1. The molecule has 1 aliphatic rings. The fourth-order valence-corrected chi connectivity index (χ4v) is 6.28. The molecule has 1 aliphatic heterocycles. The van der Waals surface area contributed by atoms with E-state index in [1.54, 1.807) is 13.0 Å². The number of hydrogen-bond acceptors (Lipinski definition) is 6. The minimum absolute atomic E-state index is 0.0301. The monoisotopic (exact) mass is 471 g/mol. The van der Waals surface area contributed by atoms with Crippen molar-refractivity contribution in [1.29, 1.82) is 0 Å². The van der Waals surface area contributed by atoms with Gasteiger partial charge < -0.3 is 4.42 Å². The van der Waals surface area contributed by atoms with Gasteiger partial charge >= 0.3 is 0 Å². The molecule has 3 aromatic rings. The number of hydrogen-bond donors (Lipinski definition) is 1. The van der Waals surface area contributed by atoms with Crippen molar-refractivity contribution in [3.05, 3.63) is 62.5 Å². The van der Waals surface area contributed by atoms with Crippen LogP contribution in [0.1, 0.15) is 26.5 Å². The summed E-state index contributed by atoms with van der Waals surface area (Å²) in [5.74, 6) is -0.335. The van der Waals surface area contributed by atoms with Crippen LogP contribution in [0.5, 0.6) is 0 Å². The highest BCUT2D eigenvalue weighted by Crippen LogP contribution is 2.34. The van der Waals surface area contributed by atoms with Crippen LogP contribution in [0, 0.1) is 6.92 Å². The molecule has 0 bridgehead atoms. The molecule has 1 aromatic carbocycles. The van der Waals surface area contributed by atoms with Crippen molar-refractivity contribution in [3.63, 3.8) is 0 Å². The number of nitrogens with zero attached hydrogens (tertiary/aromatic N) is 2. The van der Waals surface area contributed by atoms with Gasteiger partial charge in [0.1, 0.15) is 11.2 Å². The van der Waals surface area contributed by atoms with Crippen LogP contribution < -0.4 is 5.32 Å². The summed E-state index contributed by atoms with van der Waals surface area (Å²) in [6, 6.07) is 4.48. The number of furan rings is 1. The summed E-state index contributed by atoms with van der Waals surface area (Å²) >= 11 is 13.4. The standard InChI is InChI=1S/C18H15Cl2N3O4S2/c1-10-6-16(13(20)7-12(10)19)29(25,26)23-4-2-14-15(8-23)28-18(21-14)22-17(24)11-3-5-27-9-11/h3,5-7,9H,2,4,8H2,1H3,(H,21,22,24). The van der Waals surface area contributed by atoms with Crippen LogP contribution in [-0.2, 0) is 23.0 Å². The first-order valence-corrected chi connectivity index (χ1v) is 11.5. The number of nitrogens with one attached hydrogen (secondary N) is 1. The SMILES string of the molecule is Cc1cc(S(=O)(=O)N2CCc3nc(NC(=O)c4ccoc4)sc3C2)c(Cl)cc1Cl. The number of halogens is 2.